The molecule has 3 rings (SSSR count). The fourth-order valence-corrected chi connectivity index (χ4v) is 3.63. The van der Waals surface area contributed by atoms with E-state index in [2.05, 4.69) is 59.0 Å². The first-order valence-corrected chi connectivity index (χ1v) is 9.19. The van der Waals surface area contributed by atoms with Crippen LogP contribution in [0.5, 0.6) is 0 Å². The van der Waals surface area contributed by atoms with E-state index in [1.54, 1.807) is 0 Å². The average molecular weight is 339 g/mol. The van der Waals surface area contributed by atoms with Gasteiger partial charge in [-0.3, -0.25) is 14.8 Å². The topological polar surface area (TPSA) is 39.6 Å². The number of rotatable bonds is 6. The lowest BCUT2D eigenvalue weighted by Gasteiger charge is -2.41. The van der Waals surface area contributed by atoms with Gasteiger partial charge < -0.3 is 5.11 Å². The predicted molar refractivity (Wildman–Crippen MR) is 104 cm³/mol. The molecule has 0 aliphatic carbocycles. The van der Waals surface area contributed by atoms with Crippen LogP contribution in [0.4, 0.5) is 0 Å². The van der Waals surface area contributed by atoms with Crippen molar-refractivity contribution < 1.29 is 5.11 Å². The van der Waals surface area contributed by atoms with Crippen molar-refractivity contribution in [3.63, 3.8) is 0 Å². The quantitative estimate of drug-likeness (QED) is 0.821. The molecule has 0 spiro atoms. The summed E-state index contributed by atoms with van der Waals surface area (Å²) in [5.74, 6) is 0. The van der Waals surface area contributed by atoms with Gasteiger partial charge in [0.25, 0.3) is 0 Å². The van der Waals surface area contributed by atoms with Crippen LogP contribution in [0.1, 0.15) is 25.8 Å². The third-order valence-electron chi connectivity index (χ3n) is 5.05. The Balaban J connectivity index is 1.70. The number of fused-ring (bicyclic) bond motifs is 1. The predicted octanol–water partition coefficient (Wildman–Crippen LogP) is 3.07. The first-order valence-electron chi connectivity index (χ1n) is 9.19. The van der Waals surface area contributed by atoms with Crippen molar-refractivity contribution in [1.29, 1.82) is 0 Å². The van der Waals surface area contributed by atoms with Crippen molar-refractivity contribution in [3.05, 3.63) is 53.9 Å². The lowest BCUT2D eigenvalue weighted by atomic mass is 10.0. The van der Waals surface area contributed by atoms with Gasteiger partial charge in [0.15, 0.2) is 0 Å². The first-order chi connectivity index (χ1) is 12.2. The highest BCUT2D eigenvalue weighted by atomic mass is 16.3. The maximum atomic E-state index is 9.46. The second-order valence-corrected chi connectivity index (χ2v) is 7.19. The molecule has 1 unspecified atom stereocenters. The zero-order chi connectivity index (χ0) is 17.6. The molecule has 1 aromatic heterocycles. The SMILES string of the molecule is CC(C)=CCN1CCN(Cc2cccc3cnccc23)CC1CCO. The number of aliphatic hydroxyl groups excluding tert-OH is 1. The van der Waals surface area contributed by atoms with Gasteiger partial charge in [0.2, 0.25) is 0 Å². The third kappa shape index (κ3) is 4.66. The molecule has 1 aliphatic rings. The third-order valence-corrected chi connectivity index (χ3v) is 5.05. The number of hydrogen-bond acceptors (Lipinski definition) is 4. The maximum Gasteiger partial charge on any atom is 0.0446 e. The summed E-state index contributed by atoms with van der Waals surface area (Å²) in [7, 11) is 0. The molecule has 0 saturated carbocycles. The molecule has 1 aliphatic heterocycles. The second-order valence-electron chi connectivity index (χ2n) is 7.19. The van der Waals surface area contributed by atoms with Gasteiger partial charge in [0.05, 0.1) is 0 Å². The Labute approximate surface area is 150 Å². The monoisotopic (exact) mass is 339 g/mol. The molecule has 1 fully saturated rings. The molecule has 1 saturated heterocycles. The summed E-state index contributed by atoms with van der Waals surface area (Å²) in [6, 6.07) is 9.00. The fourth-order valence-electron chi connectivity index (χ4n) is 3.63. The molecular formula is C21H29N3O. The number of piperazine rings is 1. The van der Waals surface area contributed by atoms with Crippen LogP contribution in [0.15, 0.2) is 48.3 Å². The maximum absolute atomic E-state index is 9.46. The molecule has 0 radical (unpaired) electrons. The summed E-state index contributed by atoms with van der Waals surface area (Å²) in [6.45, 7) is 9.63. The zero-order valence-electron chi connectivity index (χ0n) is 15.4. The van der Waals surface area contributed by atoms with E-state index in [0.29, 0.717) is 6.04 Å². The minimum Gasteiger partial charge on any atom is -0.396 e. The van der Waals surface area contributed by atoms with Crippen molar-refractivity contribution in [3.8, 4) is 0 Å². The summed E-state index contributed by atoms with van der Waals surface area (Å²) in [4.78, 5) is 9.26. The number of nitrogens with zero attached hydrogens (tertiary/aromatic N) is 3. The molecule has 0 bridgehead atoms. The van der Waals surface area contributed by atoms with Crippen LogP contribution >= 0.6 is 0 Å². The zero-order valence-corrected chi connectivity index (χ0v) is 15.4. The van der Waals surface area contributed by atoms with E-state index in [1.165, 1.54) is 21.9 Å². The highest BCUT2D eigenvalue weighted by Gasteiger charge is 2.26. The Morgan fingerprint density at radius 3 is 2.96 bits per heavy atom. The summed E-state index contributed by atoms with van der Waals surface area (Å²) in [5.41, 5.74) is 2.72. The molecule has 2 aromatic rings. The highest BCUT2D eigenvalue weighted by Crippen LogP contribution is 2.21. The molecule has 1 atom stereocenters. The molecule has 1 N–H and O–H groups in total. The van der Waals surface area contributed by atoms with Gasteiger partial charge in [-0.1, -0.05) is 29.8 Å². The Morgan fingerprint density at radius 1 is 1.28 bits per heavy atom. The van der Waals surface area contributed by atoms with Gasteiger partial charge >= 0.3 is 0 Å². The van der Waals surface area contributed by atoms with E-state index in [1.807, 2.05) is 12.4 Å². The number of pyridine rings is 1. The Kier molecular flexibility index (Phi) is 6.19. The largest absolute Gasteiger partial charge is 0.396 e. The van der Waals surface area contributed by atoms with Crippen LogP contribution in [0.25, 0.3) is 10.8 Å². The van der Waals surface area contributed by atoms with Crippen molar-refractivity contribution in [2.75, 3.05) is 32.8 Å². The van der Waals surface area contributed by atoms with Crippen molar-refractivity contribution in [1.82, 2.24) is 14.8 Å². The minimum atomic E-state index is 0.254. The molecule has 4 nitrogen and oxygen atoms in total. The van der Waals surface area contributed by atoms with Crippen molar-refractivity contribution >= 4 is 10.8 Å². The van der Waals surface area contributed by atoms with E-state index in [4.69, 9.17) is 0 Å². The normalized spacial score (nSPS) is 19.2. The Morgan fingerprint density at radius 2 is 2.16 bits per heavy atom. The van der Waals surface area contributed by atoms with Gasteiger partial charge in [-0.05, 0) is 37.3 Å². The molecule has 2 heterocycles. The van der Waals surface area contributed by atoms with Crippen molar-refractivity contribution in [2.45, 2.75) is 32.9 Å². The van der Waals surface area contributed by atoms with Gasteiger partial charge in [-0.2, -0.15) is 0 Å². The van der Waals surface area contributed by atoms with E-state index in [-0.39, 0.29) is 6.61 Å². The average Bonchev–Trinajstić information content (AvgIpc) is 2.61. The van der Waals surface area contributed by atoms with Crippen LogP contribution in [-0.4, -0.2) is 58.7 Å². The summed E-state index contributed by atoms with van der Waals surface area (Å²) in [5, 5.41) is 12.0. The lowest BCUT2D eigenvalue weighted by molar-refractivity contribution is 0.0639. The van der Waals surface area contributed by atoms with Crippen LogP contribution in [0.3, 0.4) is 0 Å². The van der Waals surface area contributed by atoms with Crippen LogP contribution < -0.4 is 0 Å². The van der Waals surface area contributed by atoms with Crippen LogP contribution in [-0.2, 0) is 6.54 Å². The molecule has 134 valence electrons. The molecular weight excluding hydrogens is 310 g/mol. The van der Waals surface area contributed by atoms with Crippen LogP contribution in [0.2, 0.25) is 0 Å². The van der Waals surface area contributed by atoms with Gasteiger partial charge in [-0.15, -0.1) is 0 Å². The summed E-state index contributed by atoms with van der Waals surface area (Å²) < 4.78 is 0. The van der Waals surface area contributed by atoms with Gasteiger partial charge in [0.1, 0.15) is 0 Å². The fraction of sp³-hybridized carbons (Fsp3) is 0.476. The molecule has 1 aromatic carbocycles. The second kappa shape index (κ2) is 8.56. The smallest absolute Gasteiger partial charge is 0.0446 e. The number of aliphatic hydroxyl groups is 1. The molecule has 25 heavy (non-hydrogen) atoms. The highest BCUT2D eigenvalue weighted by molar-refractivity contribution is 5.84. The number of hydrogen-bond donors (Lipinski definition) is 1. The van der Waals surface area contributed by atoms with E-state index in [0.717, 1.165) is 39.1 Å². The van der Waals surface area contributed by atoms with Crippen molar-refractivity contribution in [2.24, 2.45) is 0 Å². The van der Waals surface area contributed by atoms with E-state index in [9.17, 15) is 5.11 Å². The first kappa shape index (κ1) is 18.1. The minimum absolute atomic E-state index is 0.254. The number of benzene rings is 1. The summed E-state index contributed by atoms with van der Waals surface area (Å²) in [6.07, 6.45) is 6.94. The molecule has 0 amide bonds. The summed E-state index contributed by atoms with van der Waals surface area (Å²) >= 11 is 0. The Bertz CT molecular complexity index is 719. The van der Waals surface area contributed by atoms with Crippen LogP contribution in [0, 0.1) is 0 Å². The lowest BCUT2D eigenvalue weighted by Crippen LogP contribution is -2.53. The van der Waals surface area contributed by atoms with E-state index < -0.39 is 0 Å². The standard InChI is InChI=1S/C21H29N3O/c1-17(2)7-10-24-12-11-23(16-20(24)8-13-25)15-19-5-3-4-18-14-22-9-6-21(18)19/h3-7,9,14,20,25H,8,10-13,15-16H2,1-2H3. The number of aromatic nitrogens is 1. The Hall–Kier alpha value is -1.75. The molecule has 4 heteroatoms. The van der Waals surface area contributed by atoms with E-state index >= 15 is 0 Å². The van der Waals surface area contributed by atoms with Gasteiger partial charge in [-0.25, -0.2) is 0 Å². The number of allylic oxidation sites excluding steroid dienone is 1. The van der Waals surface area contributed by atoms with Gasteiger partial charge in [0, 0.05) is 63.2 Å².